The molecule has 4 nitrogen and oxygen atoms in total. The van der Waals surface area contributed by atoms with Gasteiger partial charge in [0.1, 0.15) is 5.82 Å². The number of fused-ring (bicyclic) bond motifs is 7. The van der Waals surface area contributed by atoms with E-state index in [1.165, 1.54) is 101 Å². The van der Waals surface area contributed by atoms with Crippen molar-refractivity contribution in [2.45, 2.75) is 88.4 Å². The maximum Gasteiger partial charge on any atom is 0.281 e. The SMILES string of the molecule is O=c1nc2n(c3cccc(Br)c13)-c1cc(C3CCN(CC4CCCCC4)CC3)ccc1C21CCCCC1. The van der Waals surface area contributed by atoms with Gasteiger partial charge in [0.05, 0.1) is 22.0 Å². The van der Waals surface area contributed by atoms with E-state index >= 15 is 0 Å². The third kappa shape index (κ3) is 4.03. The molecular weight excluding hydrogens is 522 g/mol. The third-order valence-corrected chi connectivity index (χ3v) is 10.7. The minimum absolute atomic E-state index is 0.1000. The Morgan fingerprint density at radius 3 is 2.46 bits per heavy atom. The molecule has 1 aromatic heterocycles. The molecule has 0 atom stereocenters. The highest BCUT2D eigenvalue weighted by Crippen LogP contribution is 2.52. The normalized spacial score (nSPS) is 22.4. The summed E-state index contributed by atoms with van der Waals surface area (Å²) in [5.41, 5.74) is 4.91. The summed E-state index contributed by atoms with van der Waals surface area (Å²) >= 11 is 3.64. The van der Waals surface area contributed by atoms with Crippen LogP contribution in [0.15, 0.2) is 45.7 Å². The average molecular weight is 561 g/mol. The van der Waals surface area contributed by atoms with Gasteiger partial charge in [-0.3, -0.25) is 9.36 Å². The molecule has 2 aromatic carbocycles. The van der Waals surface area contributed by atoms with E-state index in [9.17, 15) is 4.79 Å². The van der Waals surface area contributed by atoms with E-state index in [0.29, 0.717) is 11.3 Å². The fourth-order valence-electron chi connectivity index (χ4n) is 8.14. The van der Waals surface area contributed by atoms with Crippen LogP contribution in [0.3, 0.4) is 0 Å². The molecular formula is C32H38BrN3O. The fourth-order valence-corrected chi connectivity index (χ4v) is 8.66. The predicted octanol–water partition coefficient (Wildman–Crippen LogP) is 7.47. The largest absolute Gasteiger partial charge is 0.303 e. The van der Waals surface area contributed by atoms with Gasteiger partial charge >= 0.3 is 0 Å². The zero-order valence-electron chi connectivity index (χ0n) is 21.9. The first kappa shape index (κ1) is 24.1. The van der Waals surface area contributed by atoms with E-state index in [0.717, 1.165) is 34.6 Å². The molecule has 0 N–H and O–H groups in total. The number of hydrogen-bond donors (Lipinski definition) is 0. The van der Waals surface area contributed by atoms with E-state index in [4.69, 9.17) is 4.98 Å². The Morgan fingerprint density at radius 2 is 1.68 bits per heavy atom. The number of aromatic nitrogens is 2. The lowest BCUT2D eigenvalue weighted by atomic mass is 9.69. The average Bonchev–Trinajstić information content (AvgIpc) is 3.18. The van der Waals surface area contributed by atoms with Crippen molar-refractivity contribution >= 4 is 26.8 Å². The van der Waals surface area contributed by atoms with Crippen LogP contribution in [0, 0.1) is 5.92 Å². The van der Waals surface area contributed by atoms with Gasteiger partial charge in [-0.2, -0.15) is 4.98 Å². The minimum Gasteiger partial charge on any atom is -0.303 e. The summed E-state index contributed by atoms with van der Waals surface area (Å²) in [7, 11) is 0. The lowest BCUT2D eigenvalue weighted by Gasteiger charge is -2.36. The molecule has 0 amide bonds. The van der Waals surface area contributed by atoms with Gasteiger partial charge in [-0.15, -0.1) is 0 Å². The van der Waals surface area contributed by atoms with Crippen molar-refractivity contribution < 1.29 is 0 Å². The molecule has 5 heteroatoms. The zero-order chi connectivity index (χ0) is 25.0. The van der Waals surface area contributed by atoms with Gasteiger partial charge in [-0.25, -0.2) is 0 Å². The molecule has 3 heterocycles. The van der Waals surface area contributed by atoms with Crippen LogP contribution in [0.2, 0.25) is 0 Å². The van der Waals surface area contributed by atoms with E-state index in [1.54, 1.807) is 0 Å². The highest BCUT2D eigenvalue weighted by molar-refractivity contribution is 9.10. The van der Waals surface area contributed by atoms with Gasteiger partial charge < -0.3 is 4.90 Å². The maximum atomic E-state index is 13.3. The van der Waals surface area contributed by atoms with Crippen molar-refractivity contribution in [3.63, 3.8) is 0 Å². The zero-order valence-corrected chi connectivity index (χ0v) is 23.4. The second kappa shape index (κ2) is 9.64. The highest BCUT2D eigenvalue weighted by atomic mass is 79.9. The summed E-state index contributed by atoms with van der Waals surface area (Å²) < 4.78 is 3.19. The van der Waals surface area contributed by atoms with Crippen LogP contribution in [0.4, 0.5) is 0 Å². The van der Waals surface area contributed by atoms with Crippen molar-refractivity contribution in [1.82, 2.24) is 14.5 Å². The Labute approximate surface area is 228 Å². The summed E-state index contributed by atoms with van der Waals surface area (Å²) in [6.45, 7) is 3.76. The van der Waals surface area contributed by atoms with Crippen molar-refractivity contribution in [2.75, 3.05) is 19.6 Å². The molecule has 4 aliphatic rings. The number of likely N-dealkylation sites (tertiary alicyclic amines) is 1. The van der Waals surface area contributed by atoms with Crippen LogP contribution in [0.5, 0.6) is 0 Å². The van der Waals surface area contributed by atoms with Gasteiger partial charge in [0.25, 0.3) is 5.56 Å². The van der Waals surface area contributed by atoms with Gasteiger partial charge in [0.2, 0.25) is 0 Å². The number of nitrogens with zero attached hydrogens (tertiary/aromatic N) is 3. The molecule has 0 radical (unpaired) electrons. The monoisotopic (exact) mass is 559 g/mol. The second-order valence-electron chi connectivity index (χ2n) is 12.2. The molecule has 3 aromatic rings. The summed E-state index contributed by atoms with van der Waals surface area (Å²) in [6.07, 6.45) is 15.5. The van der Waals surface area contributed by atoms with Gasteiger partial charge in [0, 0.05) is 11.0 Å². The topological polar surface area (TPSA) is 38.1 Å². The predicted molar refractivity (Wildman–Crippen MR) is 154 cm³/mol. The number of piperidine rings is 1. The van der Waals surface area contributed by atoms with E-state index in [1.807, 2.05) is 6.07 Å². The first-order valence-electron chi connectivity index (χ1n) is 14.7. The smallest absolute Gasteiger partial charge is 0.281 e. The lowest BCUT2D eigenvalue weighted by molar-refractivity contribution is 0.164. The fraction of sp³-hybridized carbons (Fsp3) is 0.562. The number of benzene rings is 2. The molecule has 194 valence electrons. The van der Waals surface area contributed by atoms with E-state index < -0.39 is 0 Å². The van der Waals surface area contributed by atoms with E-state index in [-0.39, 0.29) is 11.0 Å². The van der Waals surface area contributed by atoms with Crippen LogP contribution < -0.4 is 5.56 Å². The molecule has 2 saturated carbocycles. The Bertz CT molecular complexity index is 1370. The minimum atomic E-state index is -0.120. The molecule has 2 aliphatic heterocycles. The number of halogens is 1. The molecule has 1 saturated heterocycles. The Morgan fingerprint density at radius 1 is 0.919 bits per heavy atom. The highest BCUT2D eigenvalue weighted by Gasteiger charge is 2.46. The summed E-state index contributed by atoms with van der Waals surface area (Å²) in [5.74, 6) is 2.53. The van der Waals surface area contributed by atoms with Crippen LogP contribution in [-0.2, 0) is 5.41 Å². The van der Waals surface area contributed by atoms with E-state index in [2.05, 4.69) is 55.7 Å². The quantitative estimate of drug-likeness (QED) is 0.334. The lowest BCUT2D eigenvalue weighted by Crippen LogP contribution is -2.37. The molecule has 0 bridgehead atoms. The van der Waals surface area contributed by atoms with Crippen molar-refractivity contribution in [3.05, 3.63) is 68.2 Å². The standard InChI is InChI=1S/C32H38BrN3O/c33-26-10-7-11-27-29(26)30(37)34-31-32(16-5-2-6-17-32)25-13-12-24(20-28(25)36(27)31)23-14-18-35(19-15-23)21-22-8-3-1-4-9-22/h7,10-13,20,22-23H,1-6,8-9,14-19,21H2. The van der Waals surface area contributed by atoms with Crippen molar-refractivity contribution in [2.24, 2.45) is 5.92 Å². The first-order chi connectivity index (χ1) is 18.1. The maximum absolute atomic E-state index is 13.3. The summed E-state index contributed by atoms with van der Waals surface area (Å²) in [4.78, 5) is 20.8. The van der Waals surface area contributed by atoms with Gasteiger partial charge in [-0.05, 0) is 109 Å². The van der Waals surface area contributed by atoms with Crippen LogP contribution in [0.25, 0.3) is 16.6 Å². The molecule has 3 fully saturated rings. The first-order valence-corrected chi connectivity index (χ1v) is 15.5. The third-order valence-electron chi connectivity index (χ3n) is 10.1. The molecule has 2 aliphatic carbocycles. The van der Waals surface area contributed by atoms with Crippen molar-refractivity contribution in [1.29, 1.82) is 0 Å². The van der Waals surface area contributed by atoms with Crippen LogP contribution >= 0.6 is 15.9 Å². The molecule has 0 unspecified atom stereocenters. The van der Waals surface area contributed by atoms with Crippen LogP contribution in [-0.4, -0.2) is 34.1 Å². The Hall–Kier alpha value is -1.98. The van der Waals surface area contributed by atoms with Crippen LogP contribution in [0.1, 0.15) is 99.9 Å². The number of rotatable bonds is 3. The molecule has 37 heavy (non-hydrogen) atoms. The summed E-state index contributed by atoms with van der Waals surface area (Å²) in [5, 5.41) is 0.700. The van der Waals surface area contributed by atoms with Crippen molar-refractivity contribution in [3.8, 4) is 5.69 Å². The second-order valence-corrected chi connectivity index (χ2v) is 13.1. The van der Waals surface area contributed by atoms with Gasteiger partial charge in [-0.1, -0.05) is 56.7 Å². The Kier molecular flexibility index (Phi) is 6.28. The molecule has 1 spiro atoms. The molecule has 7 rings (SSSR count). The number of hydrogen-bond acceptors (Lipinski definition) is 3. The Balaban J connectivity index is 1.25. The van der Waals surface area contributed by atoms with Gasteiger partial charge in [0.15, 0.2) is 0 Å². The summed E-state index contributed by atoms with van der Waals surface area (Å²) in [6, 6.07) is 13.4.